The Morgan fingerprint density at radius 3 is 2.66 bits per heavy atom. The molecule has 1 aliphatic carbocycles. The zero-order valence-corrected chi connectivity index (χ0v) is 17.1. The highest BCUT2D eigenvalue weighted by molar-refractivity contribution is 5.97. The predicted octanol–water partition coefficient (Wildman–Crippen LogP) is 2.01. The number of carbonyl (C=O) groups excluding carboxylic acids is 2. The van der Waals surface area contributed by atoms with Gasteiger partial charge in [0.1, 0.15) is 18.3 Å². The Morgan fingerprint density at radius 1 is 1.31 bits per heavy atom. The minimum absolute atomic E-state index is 0.0454. The van der Waals surface area contributed by atoms with Crippen LogP contribution in [-0.2, 0) is 14.3 Å². The molecular formula is C21H27FN2O5. The first kappa shape index (κ1) is 20.1. The van der Waals surface area contributed by atoms with Gasteiger partial charge in [0, 0.05) is 24.6 Å². The number of hydrogen-bond donors (Lipinski definition) is 0. The van der Waals surface area contributed by atoms with Gasteiger partial charge < -0.3 is 19.1 Å². The number of benzene rings is 1. The molecule has 0 bridgehead atoms. The largest absolute Gasteiger partial charge is 0.493 e. The Hall–Kier alpha value is -2.19. The number of ether oxygens (including phenoxy) is 3. The Morgan fingerprint density at radius 2 is 2.03 bits per heavy atom. The maximum absolute atomic E-state index is 14.9. The second-order valence-electron chi connectivity index (χ2n) is 8.73. The average molecular weight is 406 g/mol. The standard InChI is InChI=1S/C21H27FN2O5/c1-21(9-23(2)10-21)11-29-18-7-16(22)15(6-14(18)13-4-5-13)19(25)24-12-28-8-17(24)20(26)27-3/h6-7,13,17H,4-5,8-12H2,1-3H3. The lowest BCUT2D eigenvalue weighted by molar-refractivity contribution is -0.144. The van der Waals surface area contributed by atoms with Crippen LogP contribution in [0.3, 0.4) is 0 Å². The van der Waals surface area contributed by atoms with E-state index in [1.807, 2.05) is 0 Å². The molecule has 3 aliphatic rings. The third-order valence-electron chi connectivity index (χ3n) is 5.84. The average Bonchev–Trinajstić information content (AvgIpc) is 3.39. The number of amides is 1. The van der Waals surface area contributed by atoms with Gasteiger partial charge in [0.2, 0.25) is 0 Å². The van der Waals surface area contributed by atoms with Gasteiger partial charge in [-0.15, -0.1) is 0 Å². The van der Waals surface area contributed by atoms with E-state index in [9.17, 15) is 14.0 Å². The van der Waals surface area contributed by atoms with E-state index in [0.717, 1.165) is 31.5 Å². The van der Waals surface area contributed by atoms with Crippen LogP contribution in [0, 0.1) is 11.2 Å². The summed E-state index contributed by atoms with van der Waals surface area (Å²) in [5.74, 6) is -1.01. The van der Waals surface area contributed by atoms with Crippen LogP contribution in [0.1, 0.15) is 41.6 Å². The van der Waals surface area contributed by atoms with Crippen molar-refractivity contribution in [2.24, 2.45) is 5.41 Å². The molecule has 4 rings (SSSR count). The summed E-state index contributed by atoms with van der Waals surface area (Å²) in [5, 5.41) is 0. The van der Waals surface area contributed by atoms with Crippen LogP contribution >= 0.6 is 0 Å². The third kappa shape index (κ3) is 3.96. The molecule has 7 nitrogen and oxygen atoms in total. The van der Waals surface area contributed by atoms with Crippen LogP contribution in [0.15, 0.2) is 12.1 Å². The normalized spacial score (nSPS) is 23.6. The van der Waals surface area contributed by atoms with E-state index >= 15 is 0 Å². The second-order valence-corrected chi connectivity index (χ2v) is 8.73. The molecule has 1 saturated carbocycles. The van der Waals surface area contributed by atoms with E-state index in [0.29, 0.717) is 12.4 Å². The topological polar surface area (TPSA) is 68.3 Å². The van der Waals surface area contributed by atoms with Gasteiger partial charge in [-0.1, -0.05) is 6.92 Å². The Labute approximate surface area is 169 Å². The van der Waals surface area contributed by atoms with E-state index in [1.54, 1.807) is 6.07 Å². The quantitative estimate of drug-likeness (QED) is 0.674. The lowest BCUT2D eigenvalue weighted by atomic mass is 9.83. The Balaban J connectivity index is 1.56. The summed E-state index contributed by atoms with van der Waals surface area (Å²) in [6, 6.07) is 2.05. The van der Waals surface area contributed by atoms with Gasteiger partial charge in [0.05, 0.1) is 25.9 Å². The molecule has 3 fully saturated rings. The fourth-order valence-corrected chi connectivity index (χ4v) is 4.30. The van der Waals surface area contributed by atoms with Crippen molar-refractivity contribution in [2.75, 3.05) is 47.2 Å². The van der Waals surface area contributed by atoms with Gasteiger partial charge in [-0.2, -0.15) is 0 Å². The number of methoxy groups -OCH3 is 1. The van der Waals surface area contributed by atoms with Crippen molar-refractivity contribution >= 4 is 11.9 Å². The minimum Gasteiger partial charge on any atom is -0.493 e. The first-order valence-corrected chi connectivity index (χ1v) is 9.92. The molecule has 29 heavy (non-hydrogen) atoms. The zero-order chi connectivity index (χ0) is 20.8. The molecule has 1 amide bonds. The minimum atomic E-state index is -0.859. The van der Waals surface area contributed by atoms with Crippen LogP contribution in [0.2, 0.25) is 0 Å². The molecule has 1 aromatic rings. The summed E-state index contributed by atoms with van der Waals surface area (Å²) in [6.07, 6.45) is 1.99. The van der Waals surface area contributed by atoms with Crippen LogP contribution in [0.25, 0.3) is 0 Å². The lowest BCUT2D eigenvalue weighted by Crippen LogP contribution is -2.55. The number of carbonyl (C=O) groups is 2. The third-order valence-corrected chi connectivity index (χ3v) is 5.84. The van der Waals surface area contributed by atoms with Crippen molar-refractivity contribution < 1.29 is 28.2 Å². The molecule has 1 atom stereocenters. The summed E-state index contributed by atoms with van der Waals surface area (Å²) in [4.78, 5) is 28.3. The summed E-state index contributed by atoms with van der Waals surface area (Å²) in [7, 11) is 3.31. The van der Waals surface area contributed by atoms with E-state index in [2.05, 4.69) is 18.9 Å². The number of esters is 1. The summed E-state index contributed by atoms with van der Waals surface area (Å²) in [5.41, 5.74) is 0.857. The molecule has 1 unspecified atom stereocenters. The molecule has 2 aliphatic heterocycles. The molecule has 8 heteroatoms. The van der Waals surface area contributed by atoms with E-state index in [4.69, 9.17) is 14.2 Å². The predicted molar refractivity (Wildman–Crippen MR) is 102 cm³/mol. The van der Waals surface area contributed by atoms with Gasteiger partial charge in [0.25, 0.3) is 5.91 Å². The van der Waals surface area contributed by atoms with Crippen LogP contribution in [-0.4, -0.2) is 74.9 Å². The highest BCUT2D eigenvalue weighted by Crippen LogP contribution is 2.45. The van der Waals surface area contributed by atoms with Crippen molar-refractivity contribution in [3.05, 3.63) is 29.1 Å². The van der Waals surface area contributed by atoms with E-state index < -0.39 is 23.7 Å². The van der Waals surface area contributed by atoms with Crippen molar-refractivity contribution in [1.29, 1.82) is 0 Å². The number of rotatable bonds is 6. The smallest absolute Gasteiger partial charge is 0.331 e. The van der Waals surface area contributed by atoms with E-state index in [-0.39, 0.29) is 30.2 Å². The second kappa shape index (κ2) is 7.57. The van der Waals surface area contributed by atoms with Crippen molar-refractivity contribution in [1.82, 2.24) is 9.80 Å². The first-order chi connectivity index (χ1) is 13.8. The fraction of sp³-hybridized carbons (Fsp3) is 0.619. The summed E-state index contributed by atoms with van der Waals surface area (Å²) in [6.45, 7) is 4.51. The molecular weight excluding hydrogens is 379 g/mol. The van der Waals surface area contributed by atoms with Crippen molar-refractivity contribution in [3.8, 4) is 5.75 Å². The number of hydrogen-bond acceptors (Lipinski definition) is 6. The Bertz CT molecular complexity index is 820. The fourth-order valence-electron chi connectivity index (χ4n) is 4.30. The van der Waals surface area contributed by atoms with Gasteiger partial charge in [-0.25, -0.2) is 9.18 Å². The van der Waals surface area contributed by atoms with Crippen LogP contribution in [0.5, 0.6) is 5.75 Å². The Kier molecular flexibility index (Phi) is 5.25. The molecule has 0 N–H and O–H groups in total. The zero-order valence-electron chi connectivity index (χ0n) is 17.1. The van der Waals surface area contributed by atoms with Gasteiger partial charge >= 0.3 is 5.97 Å². The maximum atomic E-state index is 14.9. The van der Waals surface area contributed by atoms with E-state index in [1.165, 1.54) is 18.1 Å². The molecule has 2 saturated heterocycles. The number of halogens is 1. The van der Waals surface area contributed by atoms with Crippen LogP contribution < -0.4 is 4.74 Å². The highest BCUT2D eigenvalue weighted by Gasteiger charge is 2.40. The van der Waals surface area contributed by atoms with Gasteiger partial charge in [-0.3, -0.25) is 9.69 Å². The van der Waals surface area contributed by atoms with Gasteiger partial charge in [0.15, 0.2) is 6.04 Å². The molecule has 2 heterocycles. The van der Waals surface area contributed by atoms with Crippen molar-refractivity contribution in [2.45, 2.75) is 31.7 Å². The van der Waals surface area contributed by atoms with Gasteiger partial charge in [-0.05, 0) is 37.4 Å². The SMILES string of the molecule is COC(=O)C1COCN1C(=O)c1cc(C2CC2)c(OCC2(C)CN(C)C2)cc1F. The van der Waals surface area contributed by atoms with Crippen LogP contribution in [0.4, 0.5) is 4.39 Å². The molecule has 158 valence electrons. The maximum Gasteiger partial charge on any atom is 0.331 e. The number of nitrogens with zero attached hydrogens (tertiary/aromatic N) is 2. The summed E-state index contributed by atoms with van der Waals surface area (Å²) < 4.78 is 30.9. The van der Waals surface area contributed by atoms with Crippen molar-refractivity contribution in [3.63, 3.8) is 0 Å². The molecule has 1 aromatic carbocycles. The monoisotopic (exact) mass is 406 g/mol. The molecule has 0 spiro atoms. The highest BCUT2D eigenvalue weighted by atomic mass is 19.1. The summed E-state index contributed by atoms with van der Waals surface area (Å²) >= 11 is 0. The number of likely N-dealkylation sites (tertiary alicyclic amines) is 1. The molecule has 0 aromatic heterocycles. The first-order valence-electron chi connectivity index (χ1n) is 9.92. The molecule has 0 radical (unpaired) electrons. The lowest BCUT2D eigenvalue weighted by Gasteiger charge is -2.45.